The topological polar surface area (TPSA) is 55.8 Å². The molecule has 0 N–H and O–H groups in total. The molecule has 2 aromatic rings. The quantitative estimate of drug-likeness (QED) is 0.725. The SMILES string of the molecule is CC(=O)OCC(F)(F)c1ccccc1N(C)C(=O)OCc1ccccc1. The Bertz CT molecular complexity index is 765. The number of carbonyl (C=O) groups is 2. The van der Waals surface area contributed by atoms with Gasteiger partial charge in [-0.15, -0.1) is 0 Å². The lowest BCUT2D eigenvalue weighted by Gasteiger charge is -2.24. The molecule has 0 unspecified atom stereocenters. The molecule has 5 nitrogen and oxygen atoms in total. The second kappa shape index (κ2) is 8.42. The van der Waals surface area contributed by atoms with Gasteiger partial charge in [-0.2, -0.15) is 8.78 Å². The van der Waals surface area contributed by atoms with Crippen molar-refractivity contribution in [2.45, 2.75) is 19.5 Å². The molecule has 2 rings (SSSR count). The zero-order valence-corrected chi connectivity index (χ0v) is 14.4. The zero-order valence-electron chi connectivity index (χ0n) is 14.4. The molecular weight excluding hydrogens is 344 g/mol. The maximum Gasteiger partial charge on any atom is 0.414 e. The van der Waals surface area contributed by atoms with Gasteiger partial charge in [-0.3, -0.25) is 9.69 Å². The number of hydrogen-bond donors (Lipinski definition) is 0. The number of alkyl halides is 2. The van der Waals surface area contributed by atoms with Crippen LogP contribution in [0.3, 0.4) is 0 Å². The Morgan fingerprint density at radius 2 is 1.62 bits per heavy atom. The summed E-state index contributed by atoms with van der Waals surface area (Å²) in [7, 11) is 1.34. The molecule has 26 heavy (non-hydrogen) atoms. The van der Waals surface area contributed by atoms with Gasteiger partial charge in [0.2, 0.25) is 0 Å². The number of carbonyl (C=O) groups excluding carboxylic acids is 2. The molecule has 0 bridgehead atoms. The van der Waals surface area contributed by atoms with E-state index in [2.05, 4.69) is 4.74 Å². The van der Waals surface area contributed by atoms with Gasteiger partial charge in [0.05, 0.1) is 5.69 Å². The molecule has 0 radical (unpaired) electrons. The molecule has 138 valence electrons. The van der Waals surface area contributed by atoms with Crippen LogP contribution in [-0.4, -0.2) is 25.7 Å². The standard InChI is InChI=1S/C19H19F2NO4/c1-14(23)26-13-19(20,21)16-10-6-7-11-17(16)22(2)18(24)25-12-15-8-4-3-5-9-15/h3-11H,12-13H2,1-2H3. The summed E-state index contributed by atoms with van der Waals surface area (Å²) in [6, 6.07) is 14.5. The van der Waals surface area contributed by atoms with Crippen LogP contribution in [0.2, 0.25) is 0 Å². The molecule has 0 aromatic heterocycles. The molecule has 0 atom stereocenters. The number of halogens is 2. The highest BCUT2D eigenvalue weighted by Crippen LogP contribution is 2.35. The van der Waals surface area contributed by atoms with E-state index >= 15 is 0 Å². The highest BCUT2D eigenvalue weighted by Gasteiger charge is 2.37. The molecule has 7 heteroatoms. The lowest BCUT2D eigenvalue weighted by Crippen LogP contribution is -2.31. The number of anilines is 1. The molecule has 0 aliphatic rings. The van der Waals surface area contributed by atoms with Gasteiger partial charge < -0.3 is 9.47 Å². The summed E-state index contributed by atoms with van der Waals surface area (Å²) in [5.41, 5.74) is 0.325. The first kappa shape index (κ1) is 19.4. The maximum absolute atomic E-state index is 14.4. The van der Waals surface area contributed by atoms with Gasteiger partial charge in [0.15, 0.2) is 6.61 Å². The van der Waals surface area contributed by atoms with E-state index in [1.807, 2.05) is 6.07 Å². The van der Waals surface area contributed by atoms with E-state index in [0.717, 1.165) is 17.4 Å². The van der Waals surface area contributed by atoms with Crippen LogP contribution in [0.15, 0.2) is 54.6 Å². The molecule has 1 amide bonds. The fraction of sp³-hybridized carbons (Fsp3) is 0.263. The summed E-state index contributed by atoms with van der Waals surface area (Å²) >= 11 is 0. The lowest BCUT2D eigenvalue weighted by atomic mass is 10.1. The average Bonchev–Trinajstić information content (AvgIpc) is 2.65. The first-order valence-electron chi connectivity index (χ1n) is 7.86. The lowest BCUT2D eigenvalue weighted by molar-refractivity contribution is -0.153. The highest BCUT2D eigenvalue weighted by atomic mass is 19.3. The smallest absolute Gasteiger partial charge is 0.414 e. The molecule has 2 aromatic carbocycles. The number of amides is 1. The third-order valence-corrected chi connectivity index (χ3v) is 3.60. The van der Waals surface area contributed by atoms with Crippen LogP contribution in [0.5, 0.6) is 0 Å². The van der Waals surface area contributed by atoms with Gasteiger partial charge in [0, 0.05) is 19.5 Å². The summed E-state index contributed by atoms with van der Waals surface area (Å²) in [6.45, 7) is -0.0304. The Morgan fingerprint density at radius 3 is 2.27 bits per heavy atom. The minimum absolute atomic E-state index is 0.0238. The van der Waals surface area contributed by atoms with E-state index in [1.165, 1.54) is 31.3 Å². The third-order valence-electron chi connectivity index (χ3n) is 3.60. The minimum atomic E-state index is -3.45. The van der Waals surface area contributed by atoms with E-state index in [1.54, 1.807) is 24.3 Å². The van der Waals surface area contributed by atoms with Crippen molar-refractivity contribution in [3.05, 3.63) is 65.7 Å². The van der Waals surface area contributed by atoms with Crippen molar-refractivity contribution >= 4 is 17.7 Å². The number of ether oxygens (including phenoxy) is 2. The molecule has 0 saturated carbocycles. The largest absolute Gasteiger partial charge is 0.459 e. The van der Waals surface area contributed by atoms with Gasteiger partial charge in [-0.1, -0.05) is 48.5 Å². The third kappa shape index (κ3) is 5.02. The Morgan fingerprint density at radius 1 is 1.00 bits per heavy atom. The fourth-order valence-corrected chi connectivity index (χ4v) is 2.26. The fourth-order valence-electron chi connectivity index (χ4n) is 2.26. The van der Waals surface area contributed by atoms with Crippen LogP contribution in [0.25, 0.3) is 0 Å². The molecule has 0 heterocycles. The molecule has 0 spiro atoms. The van der Waals surface area contributed by atoms with Gasteiger partial charge in [0.1, 0.15) is 6.61 Å². The number of esters is 1. The van der Waals surface area contributed by atoms with Crippen molar-refractivity contribution in [2.75, 3.05) is 18.6 Å². The summed E-state index contributed by atoms with van der Waals surface area (Å²) in [5.74, 6) is -4.26. The van der Waals surface area contributed by atoms with Crippen LogP contribution in [0, 0.1) is 0 Å². The molecule has 0 saturated heterocycles. The second-order valence-electron chi connectivity index (χ2n) is 5.60. The van der Waals surface area contributed by atoms with Crippen molar-refractivity contribution in [1.82, 2.24) is 0 Å². The zero-order chi connectivity index (χ0) is 19.2. The molecule has 0 aliphatic carbocycles. The van der Waals surface area contributed by atoms with Crippen LogP contribution in [0.4, 0.5) is 19.3 Å². The Hall–Kier alpha value is -2.96. The number of benzene rings is 2. The van der Waals surface area contributed by atoms with Crippen molar-refractivity contribution in [2.24, 2.45) is 0 Å². The minimum Gasteiger partial charge on any atom is -0.459 e. The van der Waals surface area contributed by atoms with Crippen LogP contribution in [0.1, 0.15) is 18.1 Å². The number of rotatable bonds is 6. The van der Waals surface area contributed by atoms with Crippen molar-refractivity contribution in [3.63, 3.8) is 0 Å². The van der Waals surface area contributed by atoms with Gasteiger partial charge in [0.25, 0.3) is 0 Å². The number of hydrogen-bond acceptors (Lipinski definition) is 4. The predicted octanol–water partition coefficient (Wildman–Crippen LogP) is 4.11. The Kier molecular flexibility index (Phi) is 6.27. The van der Waals surface area contributed by atoms with Crippen molar-refractivity contribution in [1.29, 1.82) is 0 Å². The van der Waals surface area contributed by atoms with Crippen LogP contribution < -0.4 is 4.90 Å². The Balaban J connectivity index is 2.14. The maximum atomic E-state index is 14.4. The highest BCUT2D eigenvalue weighted by molar-refractivity contribution is 5.88. The Labute approximate surface area is 150 Å². The van der Waals surface area contributed by atoms with Crippen LogP contribution in [-0.2, 0) is 26.8 Å². The summed E-state index contributed by atoms with van der Waals surface area (Å²) in [6.07, 6.45) is -0.774. The molecule has 0 aliphatic heterocycles. The van der Waals surface area contributed by atoms with Gasteiger partial charge in [-0.25, -0.2) is 4.79 Å². The van der Waals surface area contributed by atoms with Crippen molar-refractivity contribution < 1.29 is 27.8 Å². The van der Waals surface area contributed by atoms with Crippen molar-refractivity contribution in [3.8, 4) is 0 Å². The second-order valence-corrected chi connectivity index (χ2v) is 5.60. The summed E-state index contributed by atoms with van der Waals surface area (Å²) in [4.78, 5) is 24.1. The summed E-state index contributed by atoms with van der Waals surface area (Å²) < 4.78 is 38.4. The van der Waals surface area contributed by atoms with Crippen LogP contribution >= 0.6 is 0 Å². The average molecular weight is 363 g/mol. The molecule has 0 fully saturated rings. The summed E-state index contributed by atoms with van der Waals surface area (Å²) in [5, 5.41) is 0. The van der Waals surface area contributed by atoms with E-state index in [4.69, 9.17) is 4.74 Å². The first-order chi connectivity index (χ1) is 12.3. The van der Waals surface area contributed by atoms with E-state index < -0.39 is 30.2 Å². The van der Waals surface area contributed by atoms with E-state index in [9.17, 15) is 18.4 Å². The first-order valence-corrected chi connectivity index (χ1v) is 7.86. The number of para-hydroxylation sites is 1. The molecular formula is C19H19F2NO4. The van der Waals surface area contributed by atoms with Gasteiger partial charge >= 0.3 is 18.0 Å². The van der Waals surface area contributed by atoms with Gasteiger partial charge in [-0.05, 0) is 11.6 Å². The monoisotopic (exact) mass is 363 g/mol. The number of nitrogens with zero attached hydrogens (tertiary/aromatic N) is 1. The normalized spacial score (nSPS) is 10.9. The predicted molar refractivity (Wildman–Crippen MR) is 92.0 cm³/mol. The van der Waals surface area contributed by atoms with E-state index in [-0.39, 0.29) is 12.3 Å². The van der Waals surface area contributed by atoms with E-state index in [0.29, 0.717) is 0 Å².